The Hall–Kier alpha value is -2.81. The van der Waals surface area contributed by atoms with Gasteiger partial charge in [0.2, 0.25) is 5.91 Å². The average molecular weight is 570 g/mol. The molecular formula is C31H50F3N3O3. The van der Waals surface area contributed by atoms with E-state index in [1.54, 1.807) is 36.3 Å². The van der Waals surface area contributed by atoms with Gasteiger partial charge in [-0.1, -0.05) is 70.1 Å². The highest BCUT2D eigenvalue weighted by Gasteiger charge is 2.25. The molecule has 9 heteroatoms. The van der Waals surface area contributed by atoms with Crippen LogP contribution < -0.4 is 10.6 Å². The minimum Gasteiger partial charge on any atom is -0.456 e. The van der Waals surface area contributed by atoms with Gasteiger partial charge in [-0.3, -0.25) is 10.1 Å². The predicted molar refractivity (Wildman–Crippen MR) is 157 cm³/mol. The molecule has 0 aliphatic carbocycles. The molecule has 0 spiro atoms. The van der Waals surface area contributed by atoms with Gasteiger partial charge in [0, 0.05) is 25.4 Å². The van der Waals surface area contributed by atoms with E-state index >= 15 is 0 Å². The molecule has 0 saturated heterocycles. The molecule has 0 bridgehead atoms. The quantitative estimate of drug-likeness (QED) is 0.0570. The zero-order valence-corrected chi connectivity index (χ0v) is 25.4. The van der Waals surface area contributed by atoms with E-state index in [9.17, 15) is 22.8 Å². The van der Waals surface area contributed by atoms with Crippen molar-refractivity contribution in [1.82, 2.24) is 15.5 Å². The van der Waals surface area contributed by atoms with Crippen molar-refractivity contribution in [1.29, 1.82) is 0 Å². The second-order valence-electron chi connectivity index (χ2n) is 10.0. The van der Waals surface area contributed by atoms with E-state index in [4.69, 9.17) is 4.74 Å². The second kappa shape index (κ2) is 20.1. The molecule has 0 rings (SSSR count). The summed E-state index contributed by atoms with van der Waals surface area (Å²) in [5.74, 6) is -0.716. The third kappa shape index (κ3) is 17.0. The van der Waals surface area contributed by atoms with Crippen molar-refractivity contribution in [3.8, 4) is 0 Å². The molecule has 6 nitrogen and oxygen atoms in total. The lowest BCUT2D eigenvalue weighted by Crippen LogP contribution is -2.39. The maximum atomic E-state index is 13.3. The van der Waals surface area contributed by atoms with Gasteiger partial charge in [0.25, 0.3) is 0 Å². The minimum absolute atomic E-state index is 0.297. The number of esters is 1. The standard InChI is InChI=1S/C31H50F3N3O3/c1-8-12-13-21-36-24-37(22-15-19-26(17-10-3)29(39)40-30(5,6)11-4)28(38)23-27(35-7)25(16-9-2)18-14-20-31(32,33)34/h10,14,16-19,23,35-36H,8-9,11-13,15,20-22,24H2,1-7H3/b17-10-,18-14-,25-16+,26-19+,27-23-. The number of halogens is 3. The number of amides is 1. The van der Waals surface area contributed by atoms with E-state index in [1.165, 1.54) is 12.2 Å². The Morgan fingerprint density at radius 1 is 1.00 bits per heavy atom. The smallest absolute Gasteiger partial charge is 0.392 e. The number of nitrogens with zero attached hydrogens (tertiary/aromatic N) is 1. The first-order valence-electron chi connectivity index (χ1n) is 14.2. The number of allylic oxidation sites excluding steroid dienone is 4. The highest BCUT2D eigenvalue weighted by molar-refractivity contribution is 5.92. The van der Waals surface area contributed by atoms with Crippen LogP contribution in [0, 0.1) is 0 Å². The van der Waals surface area contributed by atoms with Crippen LogP contribution in [0.2, 0.25) is 0 Å². The summed E-state index contributed by atoms with van der Waals surface area (Å²) in [7, 11) is 1.63. The molecule has 0 aromatic carbocycles. The maximum Gasteiger partial charge on any atom is 0.392 e. The zero-order valence-electron chi connectivity index (χ0n) is 25.4. The van der Waals surface area contributed by atoms with E-state index in [1.807, 2.05) is 34.6 Å². The summed E-state index contributed by atoms with van der Waals surface area (Å²) >= 11 is 0. The fourth-order valence-electron chi connectivity index (χ4n) is 3.46. The summed E-state index contributed by atoms with van der Waals surface area (Å²) in [5, 5.41) is 6.25. The van der Waals surface area contributed by atoms with Gasteiger partial charge >= 0.3 is 12.1 Å². The number of carbonyl (C=O) groups excluding carboxylic acids is 2. The van der Waals surface area contributed by atoms with Crippen molar-refractivity contribution < 1.29 is 27.5 Å². The van der Waals surface area contributed by atoms with Crippen LogP contribution in [0.1, 0.15) is 86.5 Å². The molecule has 0 unspecified atom stereocenters. The van der Waals surface area contributed by atoms with Crippen molar-refractivity contribution in [2.75, 3.05) is 26.8 Å². The number of unbranched alkanes of at least 4 members (excludes halogenated alkanes) is 2. The molecule has 1 amide bonds. The average Bonchev–Trinajstić information content (AvgIpc) is 2.88. The van der Waals surface area contributed by atoms with E-state index in [-0.39, 0.29) is 5.91 Å². The van der Waals surface area contributed by atoms with Crippen molar-refractivity contribution in [2.45, 2.75) is 98.3 Å². The van der Waals surface area contributed by atoms with Crippen LogP contribution in [0.25, 0.3) is 0 Å². The molecule has 0 atom stereocenters. The zero-order chi connectivity index (χ0) is 30.6. The van der Waals surface area contributed by atoms with Crippen molar-refractivity contribution in [3.05, 3.63) is 59.4 Å². The molecule has 0 radical (unpaired) electrons. The third-order valence-corrected chi connectivity index (χ3v) is 6.06. The van der Waals surface area contributed by atoms with E-state index in [2.05, 4.69) is 17.6 Å². The number of nitrogens with one attached hydrogen (secondary N) is 2. The molecule has 0 aromatic heterocycles. The van der Waals surface area contributed by atoms with Gasteiger partial charge in [-0.15, -0.1) is 0 Å². The van der Waals surface area contributed by atoms with E-state index < -0.39 is 24.2 Å². The summed E-state index contributed by atoms with van der Waals surface area (Å²) in [5.41, 5.74) is 0.767. The molecule has 0 aromatic rings. The maximum absolute atomic E-state index is 13.3. The Morgan fingerprint density at radius 2 is 1.70 bits per heavy atom. The van der Waals surface area contributed by atoms with Gasteiger partial charge < -0.3 is 15.0 Å². The predicted octanol–water partition coefficient (Wildman–Crippen LogP) is 7.13. The van der Waals surface area contributed by atoms with Crippen LogP contribution in [0.3, 0.4) is 0 Å². The highest BCUT2D eigenvalue weighted by atomic mass is 19.4. The highest BCUT2D eigenvalue weighted by Crippen LogP contribution is 2.21. The van der Waals surface area contributed by atoms with Gasteiger partial charge in [-0.05, 0) is 58.6 Å². The molecule has 0 aliphatic heterocycles. The number of alkyl halides is 3. The fraction of sp³-hybridized carbons (Fsp3) is 0.613. The first-order valence-corrected chi connectivity index (χ1v) is 14.2. The number of likely N-dealkylation sites (N-methyl/N-ethyl adjacent to an activating group) is 1. The second-order valence-corrected chi connectivity index (χ2v) is 10.0. The van der Waals surface area contributed by atoms with Crippen LogP contribution in [0.15, 0.2) is 59.4 Å². The van der Waals surface area contributed by atoms with Crippen LogP contribution in [0.4, 0.5) is 13.2 Å². The molecule has 0 saturated carbocycles. The van der Waals surface area contributed by atoms with Crippen LogP contribution in [-0.2, 0) is 14.3 Å². The summed E-state index contributed by atoms with van der Waals surface area (Å²) in [6, 6.07) is 0. The number of hydrogen-bond donors (Lipinski definition) is 2. The Balaban J connectivity index is 5.89. The molecular weight excluding hydrogens is 519 g/mol. The molecule has 0 fully saturated rings. The summed E-state index contributed by atoms with van der Waals surface area (Å²) in [4.78, 5) is 27.7. The SMILES string of the molecule is C/C=C\C(=C/CCN(CNCCCCC)C(=O)/C=C(NC)/C(/C=C\CC(F)(F)F)=C/CC)C(=O)OC(C)(C)CC. The number of rotatable bonds is 19. The van der Waals surface area contributed by atoms with Gasteiger partial charge in [0.1, 0.15) is 5.60 Å². The lowest BCUT2D eigenvalue weighted by molar-refractivity contribution is -0.151. The van der Waals surface area contributed by atoms with Crippen LogP contribution in [-0.4, -0.2) is 55.4 Å². The largest absolute Gasteiger partial charge is 0.456 e. The summed E-state index contributed by atoms with van der Waals surface area (Å²) in [6.45, 7) is 12.8. The van der Waals surface area contributed by atoms with E-state index in [0.717, 1.165) is 31.9 Å². The first kappa shape index (κ1) is 37.2. The minimum atomic E-state index is -4.30. The summed E-state index contributed by atoms with van der Waals surface area (Å²) < 4.78 is 43.6. The lowest BCUT2D eigenvalue weighted by atomic mass is 10.1. The van der Waals surface area contributed by atoms with Crippen molar-refractivity contribution in [2.24, 2.45) is 0 Å². The monoisotopic (exact) mass is 569 g/mol. The topological polar surface area (TPSA) is 70.7 Å². The molecule has 2 N–H and O–H groups in total. The number of ether oxygens (including phenoxy) is 1. The lowest BCUT2D eigenvalue weighted by Gasteiger charge is -2.24. The number of carbonyl (C=O) groups is 2. The van der Waals surface area contributed by atoms with Gasteiger partial charge in [0.15, 0.2) is 0 Å². The molecule has 0 heterocycles. The molecule has 228 valence electrons. The van der Waals surface area contributed by atoms with E-state index in [0.29, 0.717) is 49.3 Å². The summed E-state index contributed by atoms with van der Waals surface area (Å²) in [6.07, 6.45) is 10.3. The normalized spacial score (nSPS) is 13.8. The van der Waals surface area contributed by atoms with Crippen molar-refractivity contribution >= 4 is 11.9 Å². The van der Waals surface area contributed by atoms with Crippen LogP contribution in [0.5, 0.6) is 0 Å². The van der Waals surface area contributed by atoms with Gasteiger partial charge in [-0.25, -0.2) is 4.79 Å². The van der Waals surface area contributed by atoms with Gasteiger partial charge in [-0.2, -0.15) is 13.2 Å². The Kier molecular flexibility index (Phi) is 18.7. The van der Waals surface area contributed by atoms with Gasteiger partial charge in [0.05, 0.1) is 18.7 Å². The Bertz CT molecular complexity index is 917. The van der Waals surface area contributed by atoms with Crippen molar-refractivity contribution in [3.63, 3.8) is 0 Å². The molecule has 0 aliphatic rings. The Labute approximate surface area is 239 Å². The number of hydrogen-bond acceptors (Lipinski definition) is 5. The third-order valence-electron chi connectivity index (χ3n) is 6.06. The first-order chi connectivity index (χ1) is 18.8. The van der Waals surface area contributed by atoms with Crippen LogP contribution >= 0.6 is 0 Å². The molecule has 40 heavy (non-hydrogen) atoms. The Morgan fingerprint density at radius 3 is 2.25 bits per heavy atom. The fourth-order valence-corrected chi connectivity index (χ4v) is 3.46.